The van der Waals surface area contributed by atoms with Crippen LogP contribution in [-0.2, 0) is 10.2 Å². The molecule has 1 aliphatic heterocycles. The highest BCUT2D eigenvalue weighted by atomic mass is 16.5. The van der Waals surface area contributed by atoms with E-state index in [1.807, 2.05) is 12.1 Å². The van der Waals surface area contributed by atoms with Gasteiger partial charge < -0.3 is 15.0 Å². The summed E-state index contributed by atoms with van der Waals surface area (Å²) in [5.41, 5.74) is 1.36. The first-order valence-electron chi connectivity index (χ1n) is 9.93. The molecule has 0 saturated carbocycles. The summed E-state index contributed by atoms with van der Waals surface area (Å²) in [6.45, 7) is 9.15. The Labute approximate surface area is 167 Å². The minimum absolute atomic E-state index is 0.0489. The number of anilines is 1. The van der Waals surface area contributed by atoms with E-state index in [4.69, 9.17) is 4.74 Å². The zero-order chi connectivity index (χ0) is 20.0. The maximum atomic E-state index is 12.1. The highest BCUT2D eigenvalue weighted by molar-refractivity contribution is 5.77. The fourth-order valence-electron chi connectivity index (χ4n) is 3.33. The predicted octanol–water partition coefficient (Wildman–Crippen LogP) is 3.19. The van der Waals surface area contributed by atoms with Crippen LogP contribution < -0.4 is 15.0 Å². The number of ether oxygens (including phenoxy) is 1. The predicted molar refractivity (Wildman–Crippen MR) is 111 cm³/mol. The smallest absolute Gasteiger partial charge is 0.257 e. The lowest BCUT2D eigenvalue weighted by molar-refractivity contribution is -0.123. The molecular weight excluding hydrogens is 352 g/mol. The molecule has 1 aromatic heterocycles. The number of nitrogens with zero attached hydrogens (tertiary/aromatic N) is 3. The molecule has 0 bridgehead atoms. The Morgan fingerprint density at radius 2 is 1.89 bits per heavy atom. The van der Waals surface area contributed by atoms with Gasteiger partial charge in [-0.3, -0.25) is 9.78 Å². The summed E-state index contributed by atoms with van der Waals surface area (Å²) in [4.78, 5) is 22.8. The highest BCUT2D eigenvalue weighted by Crippen LogP contribution is 2.24. The van der Waals surface area contributed by atoms with Crippen molar-refractivity contribution in [3.63, 3.8) is 0 Å². The van der Waals surface area contributed by atoms with Gasteiger partial charge in [0.05, 0.1) is 6.20 Å². The zero-order valence-corrected chi connectivity index (χ0v) is 17.0. The first-order chi connectivity index (χ1) is 13.4. The Bertz CT molecular complexity index is 748. The molecule has 0 atom stereocenters. The summed E-state index contributed by atoms with van der Waals surface area (Å²) < 4.78 is 5.61. The Hall–Kier alpha value is -2.63. The molecule has 1 aromatic carbocycles. The molecule has 28 heavy (non-hydrogen) atoms. The molecule has 6 heteroatoms. The maximum absolute atomic E-state index is 12.1. The maximum Gasteiger partial charge on any atom is 0.257 e. The van der Waals surface area contributed by atoms with E-state index in [0.717, 1.165) is 37.5 Å². The molecule has 1 N–H and O–H groups in total. The molecule has 0 spiro atoms. The molecule has 150 valence electrons. The van der Waals surface area contributed by atoms with Gasteiger partial charge in [0.15, 0.2) is 6.61 Å². The van der Waals surface area contributed by atoms with Crippen LogP contribution in [0.3, 0.4) is 0 Å². The van der Waals surface area contributed by atoms with Gasteiger partial charge in [0.25, 0.3) is 5.91 Å². The summed E-state index contributed by atoms with van der Waals surface area (Å²) in [6, 6.07) is 7.96. The standard InChI is InChI=1S/C22H30N4O2/c1-22(2,3)18-4-6-19(7-5-18)28-16-21(27)25-14-17-8-12-26(13-9-17)20-15-23-10-11-24-20/h4-7,10-11,15,17H,8-9,12-14,16H2,1-3H3,(H,25,27). The number of hydrogen-bond donors (Lipinski definition) is 1. The van der Waals surface area contributed by atoms with Crippen molar-refractivity contribution in [1.82, 2.24) is 15.3 Å². The second kappa shape index (κ2) is 9.04. The largest absolute Gasteiger partial charge is 0.484 e. The van der Waals surface area contributed by atoms with Crippen molar-refractivity contribution in [2.24, 2.45) is 5.92 Å². The molecule has 0 unspecified atom stereocenters. The van der Waals surface area contributed by atoms with Crippen LogP contribution in [0.5, 0.6) is 5.75 Å². The quantitative estimate of drug-likeness (QED) is 0.831. The summed E-state index contributed by atoms with van der Waals surface area (Å²) in [7, 11) is 0. The van der Waals surface area contributed by atoms with Crippen molar-refractivity contribution in [1.29, 1.82) is 0 Å². The third kappa shape index (κ3) is 5.68. The second-order valence-electron chi connectivity index (χ2n) is 8.36. The van der Waals surface area contributed by atoms with E-state index < -0.39 is 0 Å². The Morgan fingerprint density at radius 1 is 1.18 bits per heavy atom. The average molecular weight is 383 g/mol. The van der Waals surface area contributed by atoms with Gasteiger partial charge in [0.2, 0.25) is 0 Å². The molecule has 2 heterocycles. The fourth-order valence-corrected chi connectivity index (χ4v) is 3.33. The summed E-state index contributed by atoms with van der Waals surface area (Å²) in [6.07, 6.45) is 7.27. The Kier molecular flexibility index (Phi) is 6.49. The summed E-state index contributed by atoms with van der Waals surface area (Å²) in [5.74, 6) is 2.07. The molecule has 1 amide bonds. The van der Waals surface area contributed by atoms with E-state index in [2.05, 4.69) is 53.1 Å². The van der Waals surface area contributed by atoms with E-state index in [-0.39, 0.29) is 17.9 Å². The number of aromatic nitrogens is 2. The average Bonchev–Trinajstić information content (AvgIpc) is 2.71. The monoisotopic (exact) mass is 382 g/mol. The number of carbonyl (C=O) groups excluding carboxylic acids is 1. The second-order valence-corrected chi connectivity index (χ2v) is 8.36. The minimum atomic E-state index is -0.0729. The van der Waals surface area contributed by atoms with Crippen molar-refractivity contribution in [2.75, 3.05) is 31.1 Å². The van der Waals surface area contributed by atoms with Crippen LogP contribution in [0.15, 0.2) is 42.9 Å². The van der Waals surface area contributed by atoms with Crippen molar-refractivity contribution < 1.29 is 9.53 Å². The zero-order valence-electron chi connectivity index (χ0n) is 17.0. The fraction of sp³-hybridized carbons (Fsp3) is 0.500. The minimum Gasteiger partial charge on any atom is -0.484 e. The van der Waals surface area contributed by atoms with Gasteiger partial charge in [0.1, 0.15) is 11.6 Å². The molecule has 6 nitrogen and oxygen atoms in total. The topological polar surface area (TPSA) is 67.3 Å². The number of rotatable bonds is 6. The van der Waals surface area contributed by atoms with Crippen molar-refractivity contribution >= 4 is 11.7 Å². The van der Waals surface area contributed by atoms with Gasteiger partial charge in [-0.15, -0.1) is 0 Å². The molecule has 1 aliphatic rings. The molecule has 1 fully saturated rings. The first kappa shape index (κ1) is 20.1. The lowest BCUT2D eigenvalue weighted by Gasteiger charge is -2.32. The van der Waals surface area contributed by atoms with E-state index >= 15 is 0 Å². The van der Waals surface area contributed by atoms with E-state index in [1.165, 1.54) is 5.56 Å². The molecule has 0 aliphatic carbocycles. The third-order valence-corrected chi connectivity index (χ3v) is 5.17. The van der Waals surface area contributed by atoms with Crippen LogP contribution in [0.1, 0.15) is 39.2 Å². The van der Waals surface area contributed by atoms with E-state index in [9.17, 15) is 4.79 Å². The lowest BCUT2D eigenvalue weighted by atomic mass is 9.87. The SMILES string of the molecule is CC(C)(C)c1ccc(OCC(=O)NCC2CCN(c3cnccn3)CC2)cc1. The summed E-state index contributed by atoms with van der Waals surface area (Å²) >= 11 is 0. The van der Waals surface area contributed by atoms with Crippen LogP contribution in [0, 0.1) is 5.92 Å². The molecule has 0 radical (unpaired) electrons. The highest BCUT2D eigenvalue weighted by Gasteiger charge is 2.20. The number of benzene rings is 1. The van der Waals surface area contributed by atoms with Crippen molar-refractivity contribution in [3.05, 3.63) is 48.4 Å². The van der Waals surface area contributed by atoms with Gasteiger partial charge >= 0.3 is 0 Å². The van der Waals surface area contributed by atoms with E-state index in [1.54, 1.807) is 18.6 Å². The van der Waals surface area contributed by atoms with Crippen molar-refractivity contribution in [3.8, 4) is 5.75 Å². The molecule has 3 rings (SSSR count). The van der Waals surface area contributed by atoms with Crippen molar-refractivity contribution in [2.45, 2.75) is 39.0 Å². The molecule has 1 saturated heterocycles. The Morgan fingerprint density at radius 3 is 2.50 bits per heavy atom. The number of piperidine rings is 1. The third-order valence-electron chi connectivity index (χ3n) is 5.17. The van der Waals surface area contributed by atoms with Crippen LogP contribution >= 0.6 is 0 Å². The number of carbonyl (C=O) groups is 1. The van der Waals surface area contributed by atoms with Gasteiger partial charge in [-0.1, -0.05) is 32.9 Å². The van der Waals surface area contributed by atoms with Crippen LogP contribution in [0.4, 0.5) is 5.82 Å². The van der Waals surface area contributed by atoms with Gasteiger partial charge in [-0.2, -0.15) is 0 Å². The molecule has 2 aromatic rings. The van der Waals surface area contributed by atoms with Crippen LogP contribution in [0.25, 0.3) is 0 Å². The lowest BCUT2D eigenvalue weighted by Crippen LogP contribution is -2.40. The van der Waals surface area contributed by atoms with Gasteiger partial charge in [-0.25, -0.2) is 4.98 Å². The Balaban J connectivity index is 1.36. The number of amides is 1. The van der Waals surface area contributed by atoms with Gasteiger partial charge in [-0.05, 0) is 41.9 Å². The number of hydrogen-bond acceptors (Lipinski definition) is 5. The van der Waals surface area contributed by atoms with E-state index in [0.29, 0.717) is 12.5 Å². The molecular formula is C22H30N4O2. The summed E-state index contributed by atoms with van der Waals surface area (Å²) in [5, 5.41) is 3.00. The number of nitrogens with one attached hydrogen (secondary N) is 1. The first-order valence-corrected chi connectivity index (χ1v) is 9.93. The van der Waals surface area contributed by atoms with Crippen LogP contribution in [-0.4, -0.2) is 42.1 Å². The van der Waals surface area contributed by atoms with Crippen LogP contribution in [0.2, 0.25) is 0 Å². The van der Waals surface area contributed by atoms with Gasteiger partial charge in [0, 0.05) is 32.0 Å². The normalized spacial score (nSPS) is 15.3.